The second kappa shape index (κ2) is 10.4. The Morgan fingerprint density at radius 3 is 2.18 bits per heavy atom. The largest absolute Gasteiger partial charge is 0.384 e. The van der Waals surface area contributed by atoms with Crippen LogP contribution < -0.4 is 10.6 Å². The second-order valence-electron chi connectivity index (χ2n) is 8.84. The number of nitrogens with one attached hydrogen (secondary N) is 2. The van der Waals surface area contributed by atoms with Crippen LogP contribution in [0.3, 0.4) is 0 Å². The number of aromatic nitrogens is 3. The molecule has 2 atom stereocenters. The van der Waals surface area contributed by atoms with Crippen LogP contribution in [0.15, 0.2) is 73.3 Å². The van der Waals surface area contributed by atoms with Gasteiger partial charge in [-0.3, -0.25) is 9.36 Å². The fourth-order valence-corrected chi connectivity index (χ4v) is 6.16. The summed E-state index contributed by atoms with van der Waals surface area (Å²) in [6.07, 6.45) is 3.90. The zero-order valence-electron chi connectivity index (χ0n) is 19.3. The molecule has 0 aliphatic heterocycles. The highest BCUT2D eigenvalue weighted by Crippen LogP contribution is 2.73. The lowest BCUT2D eigenvalue weighted by Gasteiger charge is -2.15. The summed E-state index contributed by atoms with van der Waals surface area (Å²) in [4.78, 5) is 25.2. The highest BCUT2D eigenvalue weighted by Gasteiger charge is 2.76. The number of carbonyl (C=O) groups excluding carboxylic acids is 2. The van der Waals surface area contributed by atoms with Crippen LogP contribution in [0.5, 0.6) is 0 Å². The number of benzene rings is 3. The number of hydrogen-bond donors (Lipinski definition) is 2. The minimum atomic E-state index is -1.37. The SMILES string of the molecule is O=CC1(CNc2ccc(Cl)c(C(=O)Nc3ccc(-n4cnnc4)cc3)c2)C(c2cc(Cl)cc(Cl)c2)C1(Cl)Cl. The molecule has 5 rings (SSSR count). The molecule has 0 bridgehead atoms. The van der Waals surface area contributed by atoms with Crippen molar-refractivity contribution in [3.05, 3.63) is 99.5 Å². The van der Waals surface area contributed by atoms with Crippen molar-refractivity contribution in [3.8, 4) is 5.69 Å². The van der Waals surface area contributed by atoms with E-state index in [0.29, 0.717) is 27.0 Å². The number of amides is 1. The van der Waals surface area contributed by atoms with Crippen molar-refractivity contribution >= 4 is 81.6 Å². The average molecular weight is 610 g/mol. The molecule has 3 aromatic carbocycles. The lowest BCUT2D eigenvalue weighted by molar-refractivity contribution is -0.112. The van der Waals surface area contributed by atoms with Crippen molar-refractivity contribution in [2.45, 2.75) is 10.3 Å². The first-order valence-corrected chi connectivity index (χ1v) is 13.1. The maximum atomic E-state index is 13.0. The summed E-state index contributed by atoms with van der Waals surface area (Å²) in [5.74, 6) is -0.932. The first kappa shape index (κ1) is 26.8. The molecule has 194 valence electrons. The quantitative estimate of drug-likeness (QED) is 0.165. The molecule has 0 saturated heterocycles. The van der Waals surface area contributed by atoms with Gasteiger partial charge in [-0.1, -0.05) is 58.0 Å². The number of halogens is 5. The molecule has 2 unspecified atom stereocenters. The van der Waals surface area contributed by atoms with Crippen LogP contribution in [-0.2, 0) is 4.79 Å². The van der Waals surface area contributed by atoms with Gasteiger partial charge in [0, 0.05) is 39.6 Å². The van der Waals surface area contributed by atoms with Crippen LogP contribution in [0.4, 0.5) is 11.4 Å². The Morgan fingerprint density at radius 2 is 1.55 bits per heavy atom. The first-order chi connectivity index (χ1) is 18.1. The molecule has 1 aromatic heterocycles. The van der Waals surface area contributed by atoms with E-state index in [0.717, 1.165) is 12.0 Å². The number of rotatable bonds is 8. The normalized spacial score (nSPS) is 19.6. The highest BCUT2D eigenvalue weighted by atomic mass is 35.5. The van der Waals surface area contributed by atoms with Crippen LogP contribution in [0.25, 0.3) is 5.69 Å². The Bertz CT molecular complexity index is 1490. The van der Waals surface area contributed by atoms with Crippen molar-refractivity contribution < 1.29 is 9.59 Å². The van der Waals surface area contributed by atoms with Gasteiger partial charge in [-0.25, -0.2) is 0 Å². The summed E-state index contributed by atoms with van der Waals surface area (Å²) in [5, 5.41) is 14.7. The summed E-state index contributed by atoms with van der Waals surface area (Å²) in [6, 6.07) is 17.0. The molecule has 1 aliphatic rings. The lowest BCUT2D eigenvalue weighted by Crippen LogP contribution is -2.23. The third kappa shape index (κ3) is 4.97. The summed E-state index contributed by atoms with van der Waals surface area (Å²) >= 11 is 31.8. The average Bonchev–Trinajstić information content (AvgIpc) is 3.18. The first-order valence-electron chi connectivity index (χ1n) is 11.2. The van der Waals surface area contributed by atoms with Crippen LogP contribution in [-0.4, -0.2) is 37.8 Å². The topological polar surface area (TPSA) is 88.9 Å². The van der Waals surface area contributed by atoms with Crippen molar-refractivity contribution in [1.82, 2.24) is 14.8 Å². The van der Waals surface area contributed by atoms with Gasteiger partial charge in [0.25, 0.3) is 5.91 Å². The lowest BCUT2D eigenvalue weighted by atomic mass is 10.00. The number of hydrogen-bond acceptors (Lipinski definition) is 5. The van der Waals surface area contributed by atoms with Crippen LogP contribution in [0.2, 0.25) is 15.1 Å². The minimum Gasteiger partial charge on any atom is -0.384 e. The van der Waals surface area contributed by atoms with E-state index in [-0.39, 0.29) is 17.1 Å². The maximum absolute atomic E-state index is 13.0. The van der Waals surface area contributed by atoms with Crippen molar-refractivity contribution in [3.63, 3.8) is 0 Å². The zero-order valence-corrected chi connectivity index (χ0v) is 23.1. The molecule has 38 heavy (non-hydrogen) atoms. The molecule has 1 fully saturated rings. The molecule has 1 amide bonds. The van der Waals surface area contributed by atoms with E-state index >= 15 is 0 Å². The van der Waals surface area contributed by atoms with E-state index in [1.165, 1.54) is 0 Å². The monoisotopic (exact) mass is 607 g/mol. The van der Waals surface area contributed by atoms with Crippen LogP contribution in [0.1, 0.15) is 21.8 Å². The van der Waals surface area contributed by atoms with Gasteiger partial charge in [0.2, 0.25) is 0 Å². The van der Waals surface area contributed by atoms with Crippen molar-refractivity contribution in [1.29, 1.82) is 0 Å². The van der Waals surface area contributed by atoms with Gasteiger partial charge in [0.05, 0.1) is 16.0 Å². The molecule has 2 N–H and O–H groups in total. The zero-order chi connectivity index (χ0) is 27.1. The van der Waals surface area contributed by atoms with Gasteiger partial charge in [-0.05, 0) is 66.2 Å². The minimum absolute atomic E-state index is 0.103. The van der Waals surface area contributed by atoms with Crippen LogP contribution in [0, 0.1) is 5.41 Å². The van der Waals surface area contributed by atoms with Gasteiger partial charge in [0.15, 0.2) is 0 Å². The van der Waals surface area contributed by atoms with Crippen LogP contribution >= 0.6 is 58.0 Å². The third-order valence-corrected chi connectivity index (χ3v) is 8.39. The fourth-order valence-electron chi connectivity index (χ4n) is 4.44. The van der Waals surface area contributed by atoms with E-state index in [1.807, 2.05) is 12.1 Å². The molecule has 12 heteroatoms. The van der Waals surface area contributed by atoms with E-state index in [9.17, 15) is 9.59 Å². The molecular weight excluding hydrogens is 592 g/mol. The highest BCUT2D eigenvalue weighted by molar-refractivity contribution is 6.54. The number of anilines is 2. The molecule has 1 aliphatic carbocycles. The van der Waals surface area contributed by atoms with Crippen molar-refractivity contribution in [2.24, 2.45) is 5.41 Å². The van der Waals surface area contributed by atoms with Gasteiger partial charge in [-0.2, -0.15) is 0 Å². The van der Waals surface area contributed by atoms with E-state index in [4.69, 9.17) is 58.0 Å². The molecule has 1 saturated carbocycles. The number of carbonyl (C=O) groups is 2. The second-order valence-corrected chi connectivity index (χ2v) is 11.5. The summed E-state index contributed by atoms with van der Waals surface area (Å²) in [5.41, 5.74) is 1.75. The third-order valence-electron chi connectivity index (χ3n) is 6.48. The number of aldehydes is 1. The Morgan fingerprint density at radius 1 is 0.921 bits per heavy atom. The summed E-state index contributed by atoms with van der Waals surface area (Å²) in [7, 11) is 0. The summed E-state index contributed by atoms with van der Waals surface area (Å²) in [6.45, 7) is 0.103. The predicted molar refractivity (Wildman–Crippen MR) is 151 cm³/mol. The summed E-state index contributed by atoms with van der Waals surface area (Å²) < 4.78 is 0.368. The standard InChI is InChI=1S/C26H18Cl5N5O2/c27-16-7-15(8-17(28)9-16)23-25(12-37,26(23,30)31)11-32-19-3-6-22(29)21(10-19)24(38)35-18-1-4-20(5-2-18)36-13-33-34-14-36/h1-10,12-14,23,32H,11H2,(H,35,38). The molecular formula is C26H18Cl5N5O2. The van der Waals surface area contributed by atoms with Gasteiger partial charge in [0.1, 0.15) is 23.3 Å². The Balaban J connectivity index is 1.31. The predicted octanol–water partition coefficient (Wildman–Crippen LogP) is 7.05. The van der Waals surface area contributed by atoms with E-state index in [1.54, 1.807) is 65.8 Å². The number of alkyl halides is 2. The van der Waals surface area contributed by atoms with Gasteiger partial charge >= 0.3 is 0 Å². The Kier molecular flexibility index (Phi) is 7.33. The Labute approximate surface area is 243 Å². The van der Waals surface area contributed by atoms with E-state index < -0.39 is 21.6 Å². The van der Waals surface area contributed by atoms with Gasteiger partial charge in [-0.15, -0.1) is 10.2 Å². The molecule has 1 heterocycles. The van der Waals surface area contributed by atoms with Gasteiger partial charge < -0.3 is 15.4 Å². The molecule has 7 nitrogen and oxygen atoms in total. The maximum Gasteiger partial charge on any atom is 0.257 e. The smallest absolute Gasteiger partial charge is 0.257 e. The Hall–Kier alpha value is -2.81. The van der Waals surface area contributed by atoms with Crippen molar-refractivity contribution in [2.75, 3.05) is 17.2 Å². The van der Waals surface area contributed by atoms with E-state index in [2.05, 4.69) is 20.8 Å². The molecule has 0 radical (unpaired) electrons. The molecule has 4 aromatic rings. The number of nitrogens with zero attached hydrogens (tertiary/aromatic N) is 3. The fraction of sp³-hybridized carbons (Fsp3) is 0.154. The molecule has 0 spiro atoms.